The number of anilines is 1. The van der Waals surface area contributed by atoms with Gasteiger partial charge in [-0.2, -0.15) is 0 Å². The largest absolute Gasteiger partial charge is 0.370 e. The van der Waals surface area contributed by atoms with Crippen molar-refractivity contribution in [1.82, 2.24) is 4.98 Å². The van der Waals surface area contributed by atoms with Crippen LogP contribution in [0.4, 0.5) is 5.82 Å². The zero-order valence-corrected chi connectivity index (χ0v) is 10.5. The molecule has 84 valence electrons. The summed E-state index contributed by atoms with van der Waals surface area (Å²) >= 11 is 0. The van der Waals surface area contributed by atoms with Crippen LogP contribution in [0.5, 0.6) is 0 Å². The number of hydrogen-bond acceptors (Lipinski definition) is 2. The van der Waals surface area contributed by atoms with Crippen LogP contribution in [-0.2, 0) is 0 Å². The van der Waals surface area contributed by atoms with Crippen LogP contribution >= 0.6 is 0 Å². The zero-order chi connectivity index (χ0) is 11.5. The minimum Gasteiger partial charge on any atom is -0.370 e. The quantitative estimate of drug-likeness (QED) is 0.815. The average Bonchev–Trinajstić information content (AvgIpc) is 2.15. The summed E-state index contributed by atoms with van der Waals surface area (Å²) in [5.41, 5.74) is 1.35. The monoisotopic (exact) mass is 206 g/mol. The Hall–Kier alpha value is -1.05. The molecule has 0 aliphatic rings. The molecule has 0 spiro atoms. The lowest BCUT2D eigenvalue weighted by Gasteiger charge is -2.29. The van der Waals surface area contributed by atoms with E-state index in [9.17, 15) is 0 Å². The van der Waals surface area contributed by atoms with Crippen LogP contribution in [-0.4, -0.2) is 11.5 Å². The number of pyridine rings is 1. The van der Waals surface area contributed by atoms with Crippen molar-refractivity contribution in [3.8, 4) is 0 Å². The van der Waals surface area contributed by atoms with E-state index in [0.29, 0.717) is 11.3 Å². The minimum absolute atomic E-state index is 0.297. The predicted octanol–water partition coefficient (Wildman–Crippen LogP) is 3.48. The first kappa shape index (κ1) is 12.0. The molecule has 0 aromatic carbocycles. The molecule has 1 rings (SSSR count). The zero-order valence-electron chi connectivity index (χ0n) is 10.5. The topological polar surface area (TPSA) is 24.9 Å². The van der Waals surface area contributed by atoms with Gasteiger partial charge in [-0.1, -0.05) is 33.8 Å². The maximum absolute atomic E-state index is 4.42. The second-order valence-corrected chi connectivity index (χ2v) is 5.16. The van der Waals surface area contributed by atoms with Gasteiger partial charge in [0, 0.05) is 12.2 Å². The Balaban J connectivity index is 2.57. The lowest BCUT2D eigenvalue weighted by molar-refractivity contribution is 0.269. The summed E-state index contributed by atoms with van der Waals surface area (Å²) in [5, 5.41) is 3.40. The van der Waals surface area contributed by atoms with Gasteiger partial charge < -0.3 is 5.32 Å². The van der Waals surface area contributed by atoms with Gasteiger partial charge in [0.15, 0.2) is 0 Å². The first-order valence-electron chi connectivity index (χ1n) is 5.59. The minimum atomic E-state index is 0.297. The van der Waals surface area contributed by atoms with Crippen molar-refractivity contribution in [1.29, 1.82) is 0 Å². The molecule has 0 saturated carbocycles. The fraction of sp³-hybridized carbons (Fsp3) is 0.615. The van der Waals surface area contributed by atoms with E-state index in [0.717, 1.165) is 18.1 Å². The Kier molecular flexibility index (Phi) is 3.72. The van der Waals surface area contributed by atoms with Crippen LogP contribution in [0.1, 0.15) is 33.4 Å². The van der Waals surface area contributed by atoms with Gasteiger partial charge in [0.05, 0.1) is 0 Å². The van der Waals surface area contributed by atoms with E-state index in [1.54, 1.807) is 0 Å². The van der Waals surface area contributed by atoms with Crippen LogP contribution in [0.2, 0.25) is 0 Å². The van der Waals surface area contributed by atoms with Crippen LogP contribution < -0.4 is 5.32 Å². The molecule has 1 aromatic rings. The van der Waals surface area contributed by atoms with Crippen LogP contribution in [0.3, 0.4) is 0 Å². The standard InChI is InChI=1S/C13H22N2/c1-10(2)13(4,5)9-14-12-8-6-7-11(3)15-12/h6-8,10H,9H2,1-5H3,(H,14,15). The summed E-state index contributed by atoms with van der Waals surface area (Å²) in [6.07, 6.45) is 0. The normalized spacial score (nSPS) is 11.9. The summed E-state index contributed by atoms with van der Waals surface area (Å²) in [5.74, 6) is 1.64. The van der Waals surface area contributed by atoms with Crippen molar-refractivity contribution >= 4 is 5.82 Å². The molecule has 2 heteroatoms. The maximum Gasteiger partial charge on any atom is 0.126 e. The molecular weight excluding hydrogens is 184 g/mol. The molecule has 0 aliphatic carbocycles. The number of nitrogens with zero attached hydrogens (tertiary/aromatic N) is 1. The molecule has 1 heterocycles. The summed E-state index contributed by atoms with van der Waals surface area (Å²) in [6, 6.07) is 6.06. The van der Waals surface area contributed by atoms with Crippen LogP contribution in [0, 0.1) is 18.3 Å². The third kappa shape index (κ3) is 3.54. The average molecular weight is 206 g/mol. The molecule has 0 amide bonds. The van der Waals surface area contributed by atoms with Gasteiger partial charge >= 0.3 is 0 Å². The molecule has 0 atom stereocenters. The van der Waals surface area contributed by atoms with Crippen LogP contribution in [0.25, 0.3) is 0 Å². The van der Waals surface area contributed by atoms with Crippen molar-refractivity contribution in [2.75, 3.05) is 11.9 Å². The Labute approximate surface area is 93.1 Å². The third-order valence-electron chi connectivity index (χ3n) is 3.18. The van der Waals surface area contributed by atoms with Gasteiger partial charge in [0.2, 0.25) is 0 Å². The van der Waals surface area contributed by atoms with E-state index >= 15 is 0 Å². The highest BCUT2D eigenvalue weighted by molar-refractivity contribution is 5.35. The van der Waals surface area contributed by atoms with Gasteiger partial charge in [-0.3, -0.25) is 0 Å². The summed E-state index contributed by atoms with van der Waals surface area (Å²) in [4.78, 5) is 4.42. The predicted molar refractivity (Wildman–Crippen MR) is 66.1 cm³/mol. The van der Waals surface area contributed by atoms with Crippen molar-refractivity contribution in [2.45, 2.75) is 34.6 Å². The molecule has 1 N–H and O–H groups in total. The molecule has 15 heavy (non-hydrogen) atoms. The van der Waals surface area contributed by atoms with Gasteiger partial charge in [-0.15, -0.1) is 0 Å². The van der Waals surface area contributed by atoms with Gasteiger partial charge in [0.25, 0.3) is 0 Å². The third-order valence-corrected chi connectivity index (χ3v) is 3.18. The second kappa shape index (κ2) is 4.65. The van der Waals surface area contributed by atoms with Crippen molar-refractivity contribution in [3.05, 3.63) is 23.9 Å². The summed E-state index contributed by atoms with van der Waals surface area (Å²) < 4.78 is 0. The highest BCUT2D eigenvalue weighted by Gasteiger charge is 2.21. The second-order valence-electron chi connectivity index (χ2n) is 5.16. The first-order chi connectivity index (χ1) is 6.92. The molecule has 2 nitrogen and oxygen atoms in total. The summed E-state index contributed by atoms with van der Waals surface area (Å²) in [7, 11) is 0. The number of hydrogen-bond donors (Lipinski definition) is 1. The fourth-order valence-corrected chi connectivity index (χ4v) is 1.16. The van der Waals surface area contributed by atoms with Crippen molar-refractivity contribution < 1.29 is 0 Å². The van der Waals surface area contributed by atoms with E-state index in [-0.39, 0.29) is 0 Å². The first-order valence-corrected chi connectivity index (χ1v) is 5.59. The molecule has 0 fully saturated rings. The van der Waals surface area contributed by atoms with E-state index in [2.05, 4.69) is 38.0 Å². The highest BCUT2D eigenvalue weighted by atomic mass is 15.0. The Morgan fingerprint density at radius 3 is 2.53 bits per heavy atom. The number of nitrogens with one attached hydrogen (secondary N) is 1. The van der Waals surface area contributed by atoms with Crippen LogP contribution in [0.15, 0.2) is 18.2 Å². The molecular formula is C13H22N2. The molecule has 1 aromatic heterocycles. The lowest BCUT2D eigenvalue weighted by atomic mass is 9.81. The fourth-order valence-electron chi connectivity index (χ4n) is 1.16. The Morgan fingerprint density at radius 2 is 2.00 bits per heavy atom. The number of rotatable bonds is 4. The molecule has 0 radical (unpaired) electrons. The molecule has 0 saturated heterocycles. The van der Waals surface area contributed by atoms with Crippen molar-refractivity contribution in [2.24, 2.45) is 11.3 Å². The molecule has 0 unspecified atom stereocenters. The van der Waals surface area contributed by atoms with E-state index < -0.39 is 0 Å². The lowest BCUT2D eigenvalue weighted by Crippen LogP contribution is -2.28. The Morgan fingerprint density at radius 1 is 1.33 bits per heavy atom. The summed E-state index contributed by atoms with van der Waals surface area (Å²) in [6.45, 7) is 12.0. The van der Waals surface area contributed by atoms with Gasteiger partial charge in [-0.25, -0.2) is 4.98 Å². The smallest absolute Gasteiger partial charge is 0.126 e. The van der Waals surface area contributed by atoms with Gasteiger partial charge in [-0.05, 0) is 30.4 Å². The molecule has 0 bridgehead atoms. The highest BCUT2D eigenvalue weighted by Crippen LogP contribution is 2.25. The van der Waals surface area contributed by atoms with E-state index in [4.69, 9.17) is 0 Å². The number of aryl methyl sites for hydroxylation is 1. The van der Waals surface area contributed by atoms with Crippen molar-refractivity contribution in [3.63, 3.8) is 0 Å². The maximum atomic E-state index is 4.42. The van der Waals surface area contributed by atoms with E-state index in [1.165, 1.54) is 0 Å². The van der Waals surface area contributed by atoms with E-state index in [1.807, 2.05) is 25.1 Å². The Bertz CT molecular complexity index is 316. The molecule has 0 aliphatic heterocycles. The van der Waals surface area contributed by atoms with Gasteiger partial charge in [0.1, 0.15) is 5.82 Å². The number of aromatic nitrogens is 1. The SMILES string of the molecule is Cc1cccc(NCC(C)(C)C(C)C)n1.